The van der Waals surface area contributed by atoms with Gasteiger partial charge in [-0.2, -0.15) is 0 Å². The number of rotatable bonds is 4. The van der Waals surface area contributed by atoms with Crippen molar-refractivity contribution in [1.29, 1.82) is 0 Å². The molecule has 0 bridgehead atoms. The number of imide groups is 1. The predicted octanol–water partition coefficient (Wildman–Crippen LogP) is 1.71. The van der Waals surface area contributed by atoms with E-state index in [4.69, 9.17) is 0 Å². The summed E-state index contributed by atoms with van der Waals surface area (Å²) < 4.78 is 0. The van der Waals surface area contributed by atoms with Crippen molar-refractivity contribution in [2.45, 2.75) is 65.5 Å². The van der Waals surface area contributed by atoms with Crippen molar-refractivity contribution < 1.29 is 14.4 Å². The Labute approximate surface area is 126 Å². The second-order valence-electron chi connectivity index (χ2n) is 6.76. The SMILES string of the molecule is CC(C)C(C)NC(=O)C(C)N1C(=O)C2CCCCC2C1=O. The molecule has 118 valence electrons. The Balaban J connectivity index is 2.08. The smallest absolute Gasteiger partial charge is 0.243 e. The van der Waals surface area contributed by atoms with Crippen LogP contribution in [0.15, 0.2) is 0 Å². The fraction of sp³-hybridized carbons (Fsp3) is 0.812. The molecule has 1 N–H and O–H groups in total. The first kappa shape index (κ1) is 16.0. The molecule has 1 aliphatic carbocycles. The van der Waals surface area contributed by atoms with Gasteiger partial charge in [-0.05, 0) is 32.6 Å². The molecule has 1 aliphatic heterocycles. The topological polar surface area (TPSA) is 66.5 Å². The van der Waals surface area contributed by atoms with Gasteiger partial charge in [-0.3, -0.25) is 19.3 Å². The van der Waals surface area contributed by atoms with Gasteiger partial charge >= 0.3 is 0 Å². The first-order valence-corrected chi connectivity index (χ1v) is 8.02. The molecule has 0 spiro atoms. The molecule has 1 saturated heterocycles. The van der Waals surface area contributed by atoms with Crippen molar-refractivity contribution in [3.8, 4) is 0 Å². The molecule has 2 aliphatic rings. The average molecular weight is 294 g/mol. The maximum Gasteiger partial charge on any atom is 0.243 e. The predicted molar refractivity (Wildman–Crippen MR) is 79.2 cm³/mol. The monoisotopic (exact) mass is 294 g/mol. The van der Waals surface area contributed by atoms with Gasteiger partial charge in [0.2, 0.25) is 17.7 Å². The molecular weight excluding hydrogens is 268 g/mol. The highest BCUT2D eigenvalue weighted by atomic mass is 16.2. The van der Waals surface area contributed by atoms with Crippen LogP contribution in [0.4, 0.5) is 0 Å². The van der Waals surface area contributed by atoms with E-state index in [1.54, 1.807) is 6.92 Å². The summed E-state index contributed by atoms with van der Waals surface area (Å²) in [5.74, 6) is -0.604. The summed E-state index contributed by atoms with van der Waals surface area (Å²) in [5.41, 5.74) is 0. The number of amides is 3. The van der Waals surface area contributed by atoms with Crippen LogP contribution in [0.2, 0.25) is 0 Å². The third kappa shape index (κ3) is 2.97. The van der Waals surface area contributed by atoms with Gasteiger partial charge in [0.15, 0.2) is 0 Å². The van der Waals surface area contributed by atoms with Gasteiger partial charge in [-0.15, -0.1) is 0 Å². The second-order valence-corrected chi connectivity index (χ2v) is 6.76. The van der Waals surface area contributed by atoms with E-state index in [-0.39, 0.29) is 35.6 Å². The van der Waals surface area contributed by atoms with Crippen LogP contribution in [0.25, 0.3) is 0 Å². The van der Waals surface area contributed by atoms with Crippen molar-refractivity contribution in [3.63, 3.8) is 0 Å². The number of hydrogen-bond acceptors (Lipinski definition) is 3. The lowest BCUT2D eigenvalue weighted by Crippen LogP contribution is -2.51. The van der Waals surface area contributed by atoms with Crippen LogP contribution in [0.5, 0.6) is 0 Å². The molecular formula is C16H26N2O3. The molecule has 0 aromatic carbocycles. The van der Waals surface area contributed by atoms with Gasteiger partial charge in [-0.25, -0.2) is 0 Å². The van der Waals surface area contributed by atoms with E-state index in [1.807, 2.05) is 20.8 Å². The molecule has 5 nitrogen and oxygen atoms in total. The highest BCUT2D eigenvalue weighted by molar-refractivity contribution is 6.08. The van der Waals surface area contributed by atoms with Gasteiger partial charge < -0.3 is 5.32 Å². The summed E-state index contributed by atoms with van der Waals surface area (Å²) in [5, 5.41) is 2.89. The van der Waals surface area contributed by atoms with Crippen molar-refractivity contribution in [3.05, 3.63) is 0 Å². The van der Waals surface area contributed by atoms with Crippen LogP contribution in [0.3, 0.4) is 0 Å². The maximum absolute atomic E-state index is 12.4. The van der Waals surface area contributed by atoms with Crippen LogP contribution in [0.1, 0.15) is 53.4 Å². The Morgan fingerprint density at radius 3 is 1.95 bits per heavy atom. The molecule has 21 heavy (non-hydrogen) atoms. The first-order chi connectivity index (χ1) is 9.84. The molecule has 0 aromatic rings. The molecule has 0 aromatic heterocycles. The van der Waals surface area contributed by atoms with E-state index in [0.29, 0.717) is 5.92 Å². The fourth-order valence-electron chi connectivity index (χ4n) is 3.20. The van der Waals surface area contributed by atoms with E-state index in [2.05, 4.69) is 5.32 Å². The van der Waals surface area contributed by atoms with Crippen molar-refractivity contribution >= 4 is 17.7 Å². The highest BCUT2D eigenvalue weighted by Gasteiger charge is 2.50. The number of fused-ring (bicyclic) bond motifs is 1. The van der Waals surface area contributed by atoms with E-state index in [1.165, 1.54) is 4.90 Å². The van der Waals surface area contributed by atoms with E-state index in [0.717, 1.165) is 25.7 Å². The zero-order chi connectivity index (χ0) is 15.7. The largest absolute Gasteiger partial charge is 0.352 e. The lowest BCUT2D eigenvalue weighted by molar-refractivity contribution is -0.147. The van der Waals surface area contributed by atoms with Crippen LogP contribution in [-0.4, -0.2) is 34.7 Å². The minimum absolute atomic E-state index is 0.0232. The van der Waals surface area contributed by atoms with E-state index >= 15 is 0 Å². The van der Waals surface area contributed by atoms with Gasteiger partial charge in [0.25, 0.3) is 0 Å². The average Bonchev–Trinajstić information content (AvgIpc) is 2.70. The lowest BCUT2D eigenvalue weighted by atomic mass is 9.81. The Bertz CT molecular complexity index is 423. The summed E-state index contributed by atoms with van der Waals surface area (Å²) in [7, 11) is 0. The first-order valence-electron chi connectivity index (χ1n) is 8.02. The normalized spacial score (nSPS) is 28.5. The summed E-state index contributed by atoms with van der Waals surface area (Å²) in [6, 6.07) is -0.688. The fourth-order valence-corrected chi connectivity index (χ4v) is 3.20. The molecule has 5 heteroatoms. The number of hydrogen-bond donors (Lipinski definition) is 1. The number of likely N-dealkylation sites (tertiary alicyclic amines) is 1. The summed E-state index contributed by atoms with van der Waals surface area (Å²) in [6.45, 7) is 7.63. The molecule has 1 saturated carbocycles. The van der Waals surface area contributed by atoms with Gasteiger partial charge in [0.1, 0.15) is 6.04 Å². The third-order valence-electron chi connectivity index (χ3n) is 5.01. The van der Waals surface area contributed by atoms with Crippen molar-refractivity contribution in [1.82, 2.24) is 10.2 Å². The Morgan fingerprint density at radius 1 is 1.05 bits per heavy atom. The highest BCUT2D eigenvalue weighted by Crippen LogP contribution is 2.38. The molecule has 2 fully saturated rings. The minimum Gasteiger partial charge on any atom is -0.352 e. The molecule has 4 unspecified atom stereocenters. The Morgan fingerprint density at radius 2 is 1.52 bits per heavy atom. The van der Waals surface area contributed by atoms with E-state index in [9.17, 15) is 14.4 Å². The summed E-state index contributed by atoms with van der Waals surface area (Å²) in [6.07, 6.45) is 3.56. The number of nitrogens with one attached hydrogen (secondary N) is 1. The maximum atomic E-state index is 12.4. The molecule has 0 radical (unpaired) electrons. The van der Waals surface area contributed by atoms with Crippen LogP contribution >= 0.6 is 0 Å². The molecule has 1 heterocycles. The number of carbonyl (C=O) groups is 3. The minimum atomic E-state index is -0.711. The van der Waals surface area contributed by atoms with Crippen LogP contribution in [0, 0.1) is 17.8 Å². The second kappa shape index (κ2) is 6.16. The number of carbonyl (C=O) groups excluding carboxylic acids is 3. The Hall–Kier alpha value is -1.39. The van der Waals surface area contributed by atoms with Crippen LogP contribution < -0.4 is 5.32 Å². The zero-order valence-corrected chi connectivity index (χ0v) is 13.4. The molecule has 3 amide bonds. The van der Waals surface area contributed by atoms with Crippen molar-refractivity contribution in [2.75, 3.05) is 0 Å². The number of nitrogens with zero attached hydrogens (tertiary/aromatic N) is 1. The molecule has 4 atom stereocenters. The summed E-state index contributed by atoms with van der Waals surface area (Å²) in [4.78, 5) is 38.4. The Kier molecular flexibility index (Phi) is 4.69. The van der Waals surface area contributed by atoms with Gasteiger partial charge in [-0.1, -0.05) is 26.7 Å². The van der Waals surface area contributed by atoms with Gasteiger partial charge in [0.05, 0.1) is 11.8 Å². The zero-order valence-electron chi connectivity index (χ0n) is 13.4. The van der Waals surface area contributed by atoms with E-state index < -0.39 is 6.04 Å². The lowest BCUT2D eigenvalue weighted by Gasteiger charge is -2.25. The van der Waals surface area contributed by atoms with Crippen LogP contribution in [-0.2, 0) is 14.4 Å². The quantitative estimate of drug-likeness (QED) is 0.803. The van der Waals surface area contributed by atoms with Gasteiger partial charge in [0, 0.05) is 6.04 Å². The van der Waals surface area contributed by atoms with Crippen molar-refractivity contribution in [2.24, 2.45) is 17.8 Å². The standard InChI is InChI=1S/C16H26N2O3/c1-9(2)10(3)17-14(19)11(4)18-15(20)12-7-5-6-8-13(12)16(18)21/h9-13H,5-8H2,1-4H3,(H,17,19). The third-order valence-corrected chi connectivity index (χ3v) is 5.01. The summed E-state index contributed by atoms with van der Waals surface area (Å²) >= 11 is 0. The molecule has 2 rings (SSSR count).